The minimum Gasteiger partial charge on any atom is -0.326 e. The van der Waals surface area contributed by atoms with Crippen LogP contribution in [0.2, 0.25) is 0 Å². The third-order valence-corrected chi connectivity index (χ3v) is 3.18. The van der Waals surface area contributed by atoms with Crippen molar-refractivity contribution >= 4 is 11.6 Å². The predicted molar refractivity (Wildman–Crippen MR) is 65.1 cm³/mol. The molecule has 2 rings (SSSR count). The van der Waals surface area contributed by atoms with Gasteiger partial charge in [-0.3, -0.25) is 4.79 Å². The first-order valence-corrected chi connectivity index (χ1v) is 5.73. The second-order valence-corrected chi connectivity index (χ2v) is 4.31. The van der Waals surface area contributed by atoms with Crippen LogP contribution in [0.5, 0.6) is 0 Å². The first-order chi connectivity index (χ1) is 8.15. The van der Waals surface area contributed by atoms with Crippen molar-refractivity contribution in [3.8, 4) is 6.07 Å². The van der Waals surface area contributed by atoms with Crippen LogP contribution in [0.4, 0.5) is 5.69 Å². The van der Waals surface area contributed by atoms with Gasteiger partial charge in [-0.25, -0.2) is 0 Å². The summed E-state index contributed by atoms with van der Waals surface area (Å²) in [5.41, 5.74) is 8.81. The van der Waals surface area contributed by atoms with Gasteiger partial charge in [-0.15, -0.1) is 0 Å². The molecule has 0 fully saturated rings. The van der Waals surface area contributed by atoms with Crippen molar-refractivity contribution in [3.05, 3.63) is 29.3 Å². The van der Waals surface area contributed by atoms with Crippen LogP contribution >= 0.6 is 0 Å². The molecule has 1 aliphatic heterocycles. The third-order valence-electron chi connectivity index (χ3n) is 3.18. The van der Waals surface area contributed by atoms with Crippen LogP contribution in [-0.4, -0.2) is 5.91 Å². The number of fused-ring (bicyclic) bond motifs is 1. The number of benzene rings is 1. The Labute approximate surface area is 100 Å². The lowest BCUT2D eigenvalue weighted by Gasteiger charge is -2.17. The Morgan fingerprint density at radius 3 is 3.00 bits per heavy atom. The number of nitrogens with two attached hydrogens (primary N) is 1. The smallest absolute Gasteiger partial charge is 0.228 e. The number of nitrogens with one attached hydrogen (secondary N) is 1. The van der Waals surface area contributed by atoms with E-state index in [9.17, 15) is 4.79 Å². The molecule has 0 saturated carbocycles. The van der Waals surface area contributed by atoms with E-state index in [0.717, 1.165) is 23.2 Å². The van der Waals surface area contributed by atoms with Crippen molar-refractivity contribution < 1.29 is 4.79 Å². The van der Waals surface area contributed by atoms with Crippen LogP contribution in [0.15, 0.2) is 18.2 Å². The number of amides is 1. The molecule has 1 heterocycles. The van der Waals surface area contributed by atoms with E-state index in [1.807, 2.05) is 25.1 Å². The van der Waals surface area contributed by atoms with E-state index in [0.29, 0.717) is 6.42 Å². The maximum absolute atomic E-state index is 11.2. The summed E-state index contributed by atoms with van der Waals surface area (Å²) >= 11 is 0. The Kier molecular flexibility index (Phi) is 3.12. The summed E-state index contributed by atoms with van der Waals surface area (Å²) in [6, 6.07) is 7.61. The minimum atomic E-state index is -0.286. The monoisotopic (exact) mass is 229 g/mol. The SMILES string of the molecule is CCC(C#N)C(N)c1ccc2c(c1)CC(=O)N2. The van der Waals surface area contributed by atoms with Gasteiger partial charge in [-0.1, -0.05) is 19.1 Å². The number of rotatable bonds is 3. The van der Waals surface area contributed by atoms with Crippen LogP contribution in [0.3, 0.4) is 0 Å². The van der Waals surface area contributed by atoms with Gasteiger partial charge >= 0.3 is 0 Å². The highest BCUT2D eigenvalue weighted by Gasteiger charge is 2.22. The number of carbonyl (C=O) groups is 1. The zero-order valence-electron chi connectivity index (χ0n) is 9.73. The Bertz CT molecular complexity index is 490. The molecule has 2 atom stereocenters. The van der Waals surface area contributed by atoms with Crippen molar-refractivity contribution in [1.29, 1.82) is 5.26 Å². The average Bonchev–Trinajstić information content (AvgIpc) is 2.69. The summed E-state index contributed by atoms with van der Waals surface area (Å²) < 4.78 is 0. The normalized spacial score (nSPS) is 16.9. The predicted octanol–water partition coefficient (Wildman–Crippen LogP) is 1.73. The first-order valence-electron chi connectivity index (χ1n) is 5.73. The van der Waals surface area contributed by atoms with E-state index >= 15 is 0 Å². The molecular weight excluding hydrogens is 214 g/mol. The lowest BCUT2D eigenvalue weighted by Crippen LogP contribution is -2.19. The molecule has 0 spiro atoms. The van der Waals surface area contributed by atoms with Crippen LogP contribution in [0.25, 0.3) is 0 Å². The molecule has 0 aliphatic carbocycles. The molecule has 1 aromatic carbocycles. The second-order valence-electron chi connectivity index (χ2n) is 4.31. The van der Waals surface area contributed by atoms with Gasteiger partial charge in [0.05, 0.1) is 18.4 Å². The van der Waals surface area contributed by atoms with E-state index < -0.39 is 0 Å². The van der Waals surface area contributed by atoms with Gasteiger partial charge in [0.1, 0.15) is 0 Å². The molecule has 2 unspecified atom stereocenters. The standard InChI is InChI=1S/C13H15N3O/c1-2-8(7-14)13(15)9-3-4-11-10(5-9)6-12(17)16-11/h3-5,8,13H,2,6,15H2,1H3,(H,16,17). The van der Waals surface area contributed by atoms with E-state index in [1.54, 1.807) is 0 Å². The molecule has 0 radical (unpaired) electrons. The van der Waals surface area contributed by atoms with Crippen molar-refractivity contribution in [2.75, 3.05) is 5.32 Å². The number of anilines is 1. The van der Waals surface area contributed by atoms with Gasteiger partial charge in [0, 0.05) is 11.7 Å². The summed E-state index contributed by atoms with van der Waals surface area (Å²) in [5, 5.41) is 11.8. The Morgan fingerprint density at radius 1 is 1.59 bits per heavy atom. The Balaban J connectivity index is 2.27. The molecule has 0 bridgehead atoms. The van der Waals surface area contributed by atoms with Gasteiger partial charge in [0.25, 0.3) is 0 Å². The van der Waals surface area contributed by atoms with Gasteiger partial charge in [-0.2, -0.15) is 5.26 Å². The molecular formula is C13H15N3O. The third kappa shape index (κ3) is 2.15. The zero-order chi connectivity index (χ0) is 12.4. The molecule has 0 saturated heterocycles. The summed E-state index contributed by atoms with van der Waals surface area (Å²) in [4.78, 5) is 11.2. The van der Waals surface area contributed by atoms with Crippen LogP contribution in [-0.2, 0) is 11.2 Å². The zero-order valence-corrected chi connectivity index (χ0v) is 9.73. The molecule has 1 aliphatic rings. The molecule has 4 heteroatoms. The molecule has 1 aromatic rings. The fourth-order valence-electron chi connectivity index (χ4n) is 2.11. The van der Waals surface area contributed by atoms with Gasteiger partial charge < -0.3 is 11.1 Å². The van der Waals surface area contributed by atoms with E-state index in [-0.39, 0.29) is 17.9 Å². The van der Waals surface area contributed by atoms with Gasteiger partial charge in [0.2, 0.25) is 5.91 Å². The maximum atomic E-state index is 11.2. The lowest BCUT2D eigenvalue weighted by molar-refractivity contribution is -0.115. The number of nitriles is 1. The van der Waals surface area contributed by atoms with E-state index in [2.05, 4.69) is 11.4 Å². The number of carbonyl (C=O) groups excluding carboxylic acids is 1. The topological polar surface area (TPSA) is 78.9 Å². The minimum absolute atomic E-state index is 0.0121. The summed E-state index contributed by atoms with van der Waals surface area (Å²) in [6.07, 6.45) is 1.13. The molecule has 4 nitrogen and oxygen atoms in total. The summed E-state index contributed by atoms with van der Waals surface area (Å²) in [5.74, 6) is -0.170. The fourth-order valence-corrected chi connectivity index (χ4v) is 2.11. The molecule has 17 heavy (non-hydrogen) atoms. The molecule has 3 N–H and O–H groups in total. The number of hydrogen-bond donors (Lipinski definition) is 2. The lowest BCUT2D eigenvalue weighted by atomic mass is 9.91. The van der Waals surface area contributed by atoms with Crippen molar-refractivity contribution in [2.24, 2.45) is 11.7 Å². The first kappa shape index (κ1) is 11.6. The summed E-state index contributed by atoms with van der Waals surface area (Å²) in [7, 11) is 0. The van der Waals surface area contributed by atoms with Crippen LogP contribution < -0.4 is 11.1 Å². The highest BCUT2D eigenvalue weighted by Crippen LogP contribution is 2.28. The summed E-state index contributed by atoms with van der Waals surface area (Å²) in [6.45, 7) is 1.95. The number of nitrogens with zero attached hydrogens (tertiary/aromatic N) is 1. The van der Waals surface area contributed by atoms with E-state index in [1.165, 1.54) is 0 Å². The average molecular weight is 229 g/mol. The fraction of sp³-hybridized carbons (Fsp3) is 0.385. The second kappa shape index (κ2) is 4.56. The quantitative estimate of drug-likeness (QED) is 0.828. The van der Waals surface area contributed by atoms with Gasteiger partial charge in [0.15, 0.2) is 0 Å². The Morgan fingerprint density at radius 2 is 2.35 bits per heavy atom. The van der Waals surface area contributed by atoms with Crippen molar-refractivity contribution in [2.45, 2.75) is 25.8 Å². The maximum Gasteiger partial charge on any atom is 0.228 e. The van der Waals surface area contributed by atoms with Crippen molar-refractivity contribution in [3.63, 3.8) is 0 Å². The van der Waals surface area contributed by atoms with Crippen LogP contribution in [0.1, 0.15) is 30.5 Å². The largest absolute Gasteiger partial charge is 0.326 e. The van der Waals surface area contributed by atoms with Crippen molar-refractivity contribution in [1.82, 2.24) is 0 Å². The number of hydrogen-bond acceptors (Lipinski definition) is 3. The highest BCUT2D eigenvalue weighted by atomic mass is 16.1. The molecule has 0 aromatic heterocycles. The van der Waals surface area contributed by atoms with Crippen LogP contribution in [0, 0.1) is 17.2 Å². The Hall–Kier alpha value is -1.86. The molecule has 1 amide bonds. The highest BCUT2D eigenvalue weighted by molar-refractivity contribution is 5.99. The molecule has 88 valence electrons. The van der Waals surface area contributed by atoms with Gasteiger partial charge in [-0.05, 0) is 23.6 Å². The van der Waals surface area contributed by atoms with E-state index in [4.69, 9.17) is 11.0 Å².